The monoisotopic (exact) mass is 206 g/mol. The molecular weight excluding hydrogens is 188 g/mol. The number of hydrogen-bond acceptors (Lipinski definition) is 3. The van der Waals surface area contributed by atoms with Crippen molar-refractivity contribution >= 4 is 0 Å². The van der Waals surface area contributed by atoms with E-state index in [0.717, 1.165) is 24.5 Å². The van der Waals surface area contributed by atoms with Gasteiger partial charge in [0.05, 0.1) is 6.61 Å². The number of fused-ring (bicyclic) bond motifs is 1. The van der Waals surface area contributed by atoms with E-state index in [2.05, 4.69) is 25.1 Å². The molecule has 82 valence electrons. The molecule has 0 saturated carbocycles. The molecule has 0 bridgehead atoms. The Balaban J connectivity index is 2.18. The van der Waals surface area contributed by atoms with Gasteiger partial charge in [-0.1, -0.05) is 18.2 Å². The van der Waals surface area contributed by atoms with Crippen molar-refractivity contribution in [3.8, 4) is 5.75 Å². The molecule has 3 heteroatoms. The Morgan fingerprint density at radius 3 is 2.87 bits per heavy atom. The molecule has 1 aromatic rings. The van der Waals surface area contributed by atoms with Crippen molar-refractivity contribution in [2.24, 2.45) is 11.7 Å². The average Bonchev–Trinajstić information content (AvgIpc) is 2.22. The summed E-state index contributed by atoms with van der Waals surface area (Å²) >= 11 is 0. The average molecular weight is 206 g/mol. The summed E-state index contributed by atoms with van der Waals surface area (Å²) in [6.45, 7) is 1.69. The summed E-state index contributed by atoms with van der Waals surface area (Å²) in [5, 5.41) is 0. The molecule has 2 atom stereocenters. The Labute approximate surface area is 90.8 Å². The highest BCUT2D eigenvalue weighted by atomic mass is 16.5. The molecule has 2 N–H and O–H groups in total. The van der Waals surface area contributed by atoms with Gasteiger partial charge in [-0.05, 0) is 20.2 Å². The van der Waals surface area contributed by atoms with E-state index in [9.17, 15) is 0 Å². The lowest BCUT2D eigenvalue weighted by Crippen LogP contribution is -2.37. The summed E-state index contributed by atoms with van der Waals surface area (Å²) in [6.07, 6.45) is 0. The molecule has 0 fully saturated rings. The van der Waals surface area contributed by atoms with Gasteiger partial charge in [0.1, 0.15) is 5.75 Å². The van der Waals surface area contributed by atoms with Gasteiger partial charge in [0.2, 0.25) is 0 Å². The lowest BCUT2D eigenvalue weighted by Gasteiger charge is -2.32. The predicted octanol–water partition coefficient (Wildman–Crippen LogP) is 1.26. The molecule has 1 heterocycles. The Morgan fingerprint density at radius 1 is 1.40 bits per heavy atom. The van der Waals surface area contributed by atoms with Gasteiger partial charge in [-0.15, -0.1) is 0 Å². The Kier molecular flexibility index (Phi) is 2.93. The van der Waals surface area contributed by atoms with Crippen LogP contribution in [0.15, 0.2) is 24.3 Å². The van der Waals surface area contributed by atoms with E-state index in [1.54, 1.807) is 0 Å². The Bertz CT molecular complexity index is 338. The highest BCUT2D eigenvalue weighted by Gasteiger charge is 2.27. The van der Waals surface area contributed by atoms with Gasteiger partial charge in [0.15, 0.2) is 0 Å². The second-order valence-corrected chi connectivity index (χ2v) is 4.40. The molecule has 0 spiro atoms. The lowest BCUT2D eigenvalue weighted by atomic mass is 9.91. The fourth-order valence-corrected chi connectivity index (χ4v) is 2.08. The topological polar surface area (TPSA) is 38.5 Å². The van der Waals surface area contributed by atoms with Crippen molar-refractivity contribution in [1.82, 2.24) is 4.90 Å². The molecule has 1 aromatic carbocycles. The fraction of sp³-hybridized carbons (Fsp3) is 0.500. The minimum Gasteiger partial charge on any atom is -0.493 e. The number of rotatable bonds is 2. The molecule has 1 aliphatic heterocycles. The van der Waals surface area contributed by atoms with Gasteiger partial charge in [-0.25, -0.2) is 0 Å². The first-order valence-electron chi connectivity index (χ1n) is 5.30. The zero-order chi connectivity index (χ0) is 10.8. The smallest absolute Gasteiger partial charge is 0.124 e. The van der Waals surface area contributed by atoms with Crippen LogP contribution in [0, 0.1) is 5.92 Å². The molecule has 2 unspecified atom stereocenters. The minimum atomic E-state index is 0.0948. The Morgan fingerprint density at radius 2 is 2.13 bits per heavy atom. The van der Waals surface area contributed by atoms with E-state index in [1.807, 2.05) is 18.2 Å². The van der Waals surface area contributed by atoms with Crippen molar-refractivity contribution in [2.75, 3.05) is 27.2 Å². The normalized spacial score (nSPS) is 24.8. The van der Waals surface area contributed by atoms with Crippen molar-refractivity contribution in [2.45, 2.75) is 6.04 Å². The third-order valence-electron chi connectivity index (χ3n) is 2.84. The van der Waals surface area contributed by atoms with Gasteiger partial charge >= 0.3 is 0 Å². The van der Waals surface area contributed by atoms with Crippen LogP contribution in [-0.2, 0) is 0 Å². The van der Waals surface area contributed by atoms with E-state index < -0.39 is 0 Å². The lowest BCUT2D eigenvalue weighted by molar-refractivity contribution is 0.163. The van der Waals surface area contributed by atoms with Crippen molar-refractivity contribution < 1.29 is 4.74 Å². The molecular formula is C12H18N2O. The highest BCUT2D eigenvalue weighted by molar-refractivity contribution is 5.37. The van der Waals surface area contributed by atoms with E-state index in [1.165, 1.54) is 0 Å². The minimum absolute atomic E-state index is 0.0948. The first kappa shape index (κ1) is 10.5. The zero-order valence-corrected chi connectivity index (χ0v) is 9.31. The van der Waals surface area contributed by atoms with Gasteiger partial charge in [0.25, 0.3) is 0 Å². The molecule has 1 aliphatic rings. The largest absolute Gasteiger partial charge is 0.493 e. The predicted molar refractivity (Wildman–Crippen MR) is 60.9 cm³/mol. The van der Waals surface area contributed by atoms with Crippen LogP contribution in [0.2, 0.25) is 0 Å². The van der Waals surface area contributed by atoms with Crippen molar-refractivity contribution in [3.05, 3.63) is 29.8 Å². The molecule has 15 heavy (non-hydrogen) atoms. The second kappa shape index (κ2) is 4.21. The summed E-state index contributed by atoms with van der Waals surface area (Å²) in [5.74, 6) is 1.33. The number of nitrogens with zero attached hydrogens (tertiary/aromatic N) is 1. The summed E-state index contributed by atoms with van der Waals surface area (Å²) in [4.78, 5) is 2.15. The number of benzene rings is 1. The van der Waals surface area contributed by atoms with Crippen LogP contribution < -0.4 is 10.5 Å². The molecule has 0 aromatic heterocycles. The molecule has 3 nitrogen and oxygen atoms in total. The summed E-state index contributed by atoms with van der Waals surface area (Å²) in [7, 11) is 4.13. The number of hydrogen-bond donors (Lipinski definition) is 1. The summed E-state index contributed by atoms with van der Waals surface area (Å²) in [6, 6.07) is 8.14. The maximum atomic E-state index is 6.23. The van der Waals surface area contributed by atoms with Crippen LogP contribution in [0.3, 0.4) is 0 Å². The van der Waals surface area contributed by atoms with Gasteiger partial charge < -0.3 is 15.4 Å². The van der Waals surface area contributed by atoms with E-state index >= 15 is 0 Å². The maximum absolute atomic E-state index is 6.23. The standard InChI is InChI=1S/C12H18N2O/c1-14(2)7-9-8-15-11-6-4-3-5-10(11)12(9)13/h3-6,9,12H,7-8,13H2,1-2H3. The van der Waals surface area contributed by atoms with Crippen molar-refractivity contribution in [1.29, 1.82) is 0 Å². The van der Waals surface area contributed by atoms with Crippen LogP contribution in [0.5, 0.6) is 5.75 Å². The van der Waals surface area contributed by atoms with Crippen LogP contribution in [0.1, 0.15) is 11.6 Å². The number of ether oxygens (including phenoxy) is 1. The first-order chi connectivity index (χ1) is 7.18. The Hall–Kier alpha value is -1.06. The van der Waals surface area contributed by atoms with Gasteiger partial charge in [-0.3, -0.25) is 0 Å². The molecule has 0 radical (unpaired) electrons. The van der Waals surface area contributed by atoms with E-state index in [4.69, 9.17) is 10.5 Å². The van der Waals surface area contributed by atoms with Crippen LogP contribution >= 0.6 is 0 Å². The number of para-hydroxylation sites is 1. The quantitative estimate of drug-likeness (QED) is 0.791. The third-order valence-corrected chi connectivity index (χ3v) is 2.84. The van der Waals surface area contributed by atoms with E-state index in [0.29, 0.717) is 5.92 Å². The molecule has 0 aliphatic carbocycles. The highest BCUT2D eigenvalue weighted by Crippen LogP contribution is 2.33. The number of nitrogens with two attached hydrogens (primary N) is 1. The molecule has 2 rings (SSSR count). The SMILES string of the molecule is CN(C)CC1COc2ccccc2C1N. The summed E-state index contributed by atoms with van der Waals surface area (Å²) in [5.41, 5.74) is 7.37. The van der Waals surface area contributed by atoms with Gasteiger partial charge in [0, 0.05) is 24.1 Å². The fourth-order valence-electron chi connectivity index (χ4n) is 2.08. The van der Waals surface area contributed by atoms with Crippen LogP contribution in [0.4, 0.5) is 0 Å². The molecule has 0 saturated heterocycles. The second-order valence-electron chi connectivity index (χ2n) is 4.40. The third kappa shape index (κ3) is 2.13. The van der Waals surface area contributed by atoms with Crippen molar-refractivity contribution in [3.63, 3.8) is 0 Å². The molecule has 0 amide bonds. The first-order valence-corrected chi connectivity index (χ1v) is 5.30. The summed E-state index contributed by atoms with van der Waals surface area (Å²) < 4.78 is 5.70. The van der Waals surface area contributed by atoms with E-state index in [-0.39, 0.29) is 6.04 Å². The zero-order valence-electron chi connectivity index (χ0n) is 9.31. The van der Waals surface area contributed by atoms with Gasteiger partial charge in [-0.2, -0.15) is 0 Å². The maximum Gasteiger partial charge on any atom is 0.124 e. The van der Waals surface area contributed by atoms with Crippen LogP contribution in [-0.4, -0.2) is 32.1 Å². The van der Waals surface area contributed by atoms with Crippen LogP contribution in [0.25, 0.3) is 0 Å².